The first kappa shape index (κ1) is 20.2. The molecule has 0 radical (unpaired) electrons. The Morgan fingerprint density at radius 3 is 2.28 bits per heavy atom. The van der Waals surface area contributed by atoms with Crippen LogP contribution in [0.4, 0.5) is 18.0 Å². The van der Waals surface area contributed by atoms with Crippen LogP contribution in [-0.4, -0.2) is 29.6 Å². The van der Waals surface area contributed by atoms with E-state index in [1.165, 1.54) is 24.3 Å². The van der Waals surface area contributed by atoms with E-state index in [0.29, 0.717) is 16.7 Å². The monoisotopic (exact) mass is 403 g/mol. The molecular weight excluding hydrogens is 387 g/mol. The number of hydrogen-bond acceptors (Lipinski definition) is 4. The van der Waals surface area contributed by atoms with Crippen molar-refractivity contribution in [2.24, 2.45) is 0 Å². The van der Waals surface area contributed by atoms with Crippen LogP contribution < -0.4 is 10.1 Å². The number of amides is 3. The molecule has 2 aromatic carbocycles. The van der Waals surface area contributed by atoms with Gasteiger partial charge in [-0.3, -0.25) is 9.69 Å². The molecular formula is C20H16F3N3O3. The van der Waals surface area contributed by atoms with Crippen molar-refractivity contribution in [1.29, 1.82) is 5.26 Å². The summed E-state index contributed by atoms with van der Waals surface area (Å²) >= 11 is 0. The molecule has 3 rings (SSSR count). The van der Waals surface area contributed by atoms with Crippen molar-refractivity contribution in [2.45, 2.75) is 25.2 Å². The lowest BCUT2D eigenvalue weighted by molar-refractivity contribution is -0.153. The quantitative estimate of drug-likeness (QED) is 0.775. The first-order chi connectivity index (χ1) is 13.6. The number of nitriles is 1. The molecule has 6 nitrogen and oxygen atoms in total. The molecule has 1 heterocycles. The lowest BCUT2D eigenvalue weighted by Crippen LogP contribution is -2.40. The van der Waals surface area contributed by atoms with Crippen LogP contribution in [0.3, 0.4) is 0 Å². The molecule has 0 bridgehead atoms. The normalized spacial score (nSPS) is 19.1. The van der Waals surface area contributed by atoms with E-state index in [-0.39, 0.29) is 12.3 Å². The number of nitrogens with one attached hydrogen (secondary N) is 1. The van der Waals surface area contributed by atoms with E-state index in [0.717, 1.165) is 4.90 Å². The summed E-state index contributed by atoms with van der Waals surface area (Å²) < 4.78 is 41.2. The number of urea groups is 1. The van der Waals surface area contributed by atoms with E-state index in [9.17, 15) is 22.8 Å². The van der Waals surface area contributed by atoms with Crippen LogP contribution in [0.25, 0.3) is 0 Å². The number of alkyl halides is 3. The van der Waals surface area contributed by atoms with Gasteiger partial charge in [-0.05, 0) is 42.3 Å². The Morgan fingerprint density at radius 2 is 1.72 bits per heavy atom. The average Bonchev–Trinajstić information content (AvgIpc) is 2.91. The molecule has 1 atom stereocenters. The van der Waals surface area contributed by atoms with Crippen molar-refractivity contribution in [3.8, 4) is 11.8 Å². The van der Waals surface area contributed by atoms with Gasteiger partial charge in [0.15, 0.2) is 6.61 Å². The molecule has 150 valence electrons. The topological polar surface area (TPSA) is 82.4 Å². The lowest BCUT2D eigenvalue weighted by atomic mass is 9.91. The fourth-order valence-electron chi connectivity index (χ4n) is 2.95. The Hall–Kier alpha value is -3.54. The predicted octanol–water partition coefficient (Wildman–Crippen LogP) is 3.47. The van der Waals surface area contributed by atoms with Gasteiger partial charge in [-0.25, -0.2) is 4.79 Å². The highest BCUT2D eigenvalue weighted by Gasteiger charge is 2.48. The second-order valence-electron chi connectivity index (χ2n) is 6.68. The molecule has 1 N–H and O–H groups in total. The molecule has 29 heavy (non-hydrogen) atoms. The number of hydrogen-bond donors (Lipinski definition) is 1. The Balaban J connectivity index is 1.72. The molecule has 0 aliphatic carbocycles. The van der Waals surface area contributed by atoms with Gasteiger partial charge >= 0.3 is 12.2 Å². The molecule has 3 amide bonds. The molecule has 0 aromatic heterocycles. The molecule has 1 aliphatic rings. The number of benzene rings is 2. The van der Waals surface area contributed by atoms with Crippen molar-refractivity contribution in [2.75, 3.05) is 6.61 Å². The maximum absolute atomic E-state index is 12.9. The van der Waals surface area contributed by atoms with Crippen molar-refractivity contribution in [1.82, 2.24) is 10.2 Å². The van der Waals surface area contributed by atoms with Gasteiger partial charge in [0.2, 0.25) is 0 Å². The predicted molar refractivity (Wildman–Crippen MR) is 95.6 cm³/mol. The number of ether oxygens (including phenoxy) is 1. The lowest BCUT2D eigenvalue weighted by Gasteiger charge is -2.22. The van der Waals surface area contributed by atoms with Gasteiger partial charge in [-0.1, -0.05) is 24.3 Å². The first-order valence-electron chi connectivity index (χ1n) is 8.55. The average molecular weight is 403 g/mol. The third-order valence-electron chi connectivity index (χ3n) is 4.53. The minimum absolute atomic E-state index is 0.0331. The zero-order valence-corrected chi connectivity index (χ0v) is 15.3. The molecule has 2 aromatic rings. The van der Waals surface area contributed by atoms with Gasteiger partial charge in [0, 0.05) is 0 Å². The van der Waals surface area contributed by atoms with Crippen molar-refractivity contribution in [3.63, 3.8) is 0 Å². The minimum Gasteiger partial charge on any atom is -0.484 e. The smallest absolute Gasteiger partial charge is 0.422 e. The molecule has 1 unspecified atom stereocenters. The zero-order chi connectivity index (χ0) is 21.2. The van der Waals surface area contributed by atoms with Gasteiger partial charge in [0.05, 0.1) is 18.2 Å². The van der Waals surface area contributed by atoms with Crippen molar-refractivity contribution < 1.29 is 27.5 Å². The Labute approximate surface area is 164 Å². The summed E-state index contributed by atoms with van der Waals surface area (Å²) in [7, 11) is 0. The summed E-state index contributed by atoms with van der Waals surface area (Å²) in [5.74, 6) is -0.435. The standard InChI is InChI=1S/C20H16F3N3O3/c1-19(15-6-2-13(10-24)3-7-15)17(27)26(18(28)25-19)11-14-4-8-16(9-5-14)29-12-20(21,22)23/h2-9H,11-12H2,1H3,(H,25,28). The van der Waals surface area contributed by atoms with Gasteiger partial charge in [-0.15, -0.1) is 0 Å². The third-order valence-corrected chi connectivity index (χ3v) is 4.53. The summed E-state index contributed by atoms with van der Waals surface area (Å²) in [5, 5.41) is 11.5. The molecule has 9 heteroatoms. The van der Waals surface area contributed by atoms with E-state index in [1.807, 2.05) is 6.07 Å². The van der Waals surface area contributed by atoms with E-state index < -0.39 is 30.3 Å². The molecule has 1 aliphatic heterocycles. The number of imide groups is 1. The van der Waals surface area contributed by atoms with Crippen molar-refractivity contribution >= 4 is 11.9 Å². The number of carbonyl (C=O) groups is 2. The van der Waals surface area contributed by atoms with Crippen molar-refractivity contribution in [3.05, 3.63) is 65.2 Å². The van der Waals surface area contributed by atoms with Crippen LogP contribution >= 0.6 is 0 Å². The van der Waals surface area contributed by atoms with Gasteiger partial charge in [0.1, 0.15) is 11.3 Å². The Bertz CT molecular complexity index is 966. The Morgan fingerprint density at radius 1 is 1.10 bits per heavy atom. The highest BCUT2D eigenvalue weighted by atomic mass is 19.4. The second kappa shape index (κ2) is 7.47. The van der Waals surface area contributed by atoms with Crippen LogP contribution in [0.5, 0.6) is 5.75 Å². The largest absolute Gasteiger partial charge is 0.484 e. The number of carbonyl (C=O) groups excluding carboxylic acids is 2. The van der Waals surface area contributed by atoms with E-state index in [1.54, 1.807) is 31.2 Å². The number of rotatable bonds is 5. The number of nitrogens with zero attached hydrogens (tertiary/aromatic N) is 2. The SMILES string of the molecule is CC1(c2ccc(C#N)cc2)NC(=O)N(Cc2ccc(OCC(F)(F)F)cc2)C1=O. The highest BCUT2D eigenvalue weighted by Crippen LogP contribution is 2.30. The molecule has 0 saturated carbocycles. The van der Waals surface area contributed by atoms with Crippen LogP contribution in [-0.2, 0) is 16.9 Å². The van der Waals surface area contributed by atoms with Gasteiger partial charge < -0.3 is 10.1 Å². The molecule has 1 fully saturated rings. The maximum atomic E-state index is 12.9. The van der Waals surface area contributed by atoms with Crippen LogP contribution in [0.15, 0.2) is 48.5 Å². The molecule has 0 spiro atoms. The second-order valence-corrected chi connectivity index (χ2v) is 6.68. The zero-order valence-electron chi connectivity index (χ0n) is 15.3. The van der Waals surface area contributed by atoms with E-state index in [2.05, 4.69) is 10.1 Å². The Kier molecular flexibility index (Phi) is 5.20. The maximum Gasteiger partial charge on any atom is 0.422 e. The fraction of sp³-hybridized carbons (Fsp3) is 0.250. The summed E-state index contributed by atoms with van der Waals surface area (Å²) in [6.45, 7) is 0.126. The summed E-state index contributed by atoms with van der Waals surface area (Å²) in [6.07, 6.45) is -4.44. The minimum atomic E-state index is -4.44. The van der Waals surface area contributed by atoms with Crippen LogP contribution in [0, 0.1) is 11.3 Å². The first-order valence-corrected chi connectivity index (χ1v) is 8.55. The molecule has 1 saturated heterocycles. The summed E-state index contributed by atoms with van der Waals surface area (Å²) in [6, 6.07) is 13.4. The highest BCUT2D eigenvalue weighted by molar-refractivity contribution is 6.07. The fourth-order valence-corrected chi connectivity index (χ4v) is 2.95. The summed E-state index contributed by atoms with van der Waals surface area (Å²) in [4.78, 5) is 26.3. The number of halogens is 3. The third kappa shape index (κ3) is 4.32. The summed E-state index contributed by atoms with van der Waals surface area (Å²) in [5.41, 5.74) is 0.241. The van der Waals surface area contributed by atoms with Crippen LogP contribution in [0.1, 0.15) is 23.6 Å². The van der Waals surface area contributed by atoms with Crippen LogP contribution in [0.2, 0.25) is 0 Å². The van der Waals surface area contributed by atoms with Gasteiger partial charge in [0.25, 0.3) is 5.91 Å². The van der Waals surface area contributed by atoms with E-state index in [4.69, 9.17) is 5.26 Å². The van der Waals surface area contributed by atoms with Gasteiger partial charge in [-0.2, -0.15) is 18.4 Å². The van der Waals surface area contributed by atoms with E-state index >= 15 is 0 Å².